The summed E-state index contributed by atoms with van der Waals surface area (Å²) >= 11 is 0. The Hall–Kier alpha value is -2.80. The van der Waals surface area contributed by atoms with Crippen LogP contribution in [0.3, 0.4) is 0 Å². The predicted octanol–water partition coefficient (Wildman–Crippen LogP) is 4.38. The highest BCUT2D eigenvalue weighted by atomic mass is 16.5. The van der Waals surface area contributed by atoms with Gasteiger partial charge in [-0.25, -0.2) is 4.98 Å². The Balaban J connectivity index is 1.37. The first-order valence-corrected chi connectivity index (χ1v) is 13.0. The molecule has 2 saturated carbocycles. The van der Waals surface area contributed by atoms with Crippen molar-refractivity contribution in [1.82, 2.24) is 9.88 Å². The van der Waals surface area contributed by atoms with Gasteiger partial charge in [-0.15, -0.1) is 0 Å². The molecule has 0 radical (unpaired) electrons. The second kappa shape index (κ2) is 10.1. The molecule has 35 heavy (non-hydrogen) atoms. The van der Waals surface area contributed by atoms with E-state index in [1.807, 2.05) is 4.90 Å². The second-order valence-electron chi connectivity index (χ2n) is 10.4. The SMILES string of the molecule is COCCC(=O)N1CCN(c2nc(C3CC3)c(-c3ccc(OCC4CC4)cc3)c(C)c2N)C[C@H]1C. The number of anilines is 2. The highest BCUT2D eigenvalue weighted by Crippen LogP contribution is 2.47. The van der Waals surface area contributed by atoms with Gasteiger partial charge < -0.3 is 25.0 Å². The third-order valence-electron chi connectivity index (χ3n) is 7.56. The van der Waals surface area contributed by atoms with Crippen LogP contribution in [0.25, 0.3) is 11.1 Å². The largest absolute Gasteiger partial charge is 0.493 e. The number of amides is 1. The second-order valence-corrected chi connectivity index (χ2v) is 10.4. The van der Waals surface area contributed by atoms with Crippen molar-refractivity contribution >= 4 is 17.4 Å². The Bertz CT molecular complexity index is 1060. The number of nitrogens with two attached hydrogens (primary N) is 1. The lowest BCUT2D eigenvalue weighted by atomic mass is 9.95. The maximum Gasteiger partial charge on any atom is 0.225 e. The molecule has 1 atom stereocenters. The maximum absolute atomic E-state index is 12.6. The van der Waals surface area contributed by atoms with Gasteiger partial charge in [-0.3, -0.25) is 4.79 Å². The molecule has 1 amide bonds. The fourth-order valence-electron chi connectivity index (χ4n) is 5.05. The van der Waals surface area contributed by atoms with Crippen LogP contribution in [0.4, 0.5) is 11.5 Å². The van der Waals surface area contributed by atoms with E-state index in [0.29, 0.717) is 25.5 Å². The topological polar surface area (TPSA) is 80.9 Å². The smallest absolute Gasteiger partial charge is 0.225 e. The number of carbonyl (C=O) groups excluding carboxylic acids is 1. The standard InChI is InChI=1S/C28H38N4O3/c1-18-16-31(13-14-32(18)24(33)12-15-34-3)28-26(29)19(2)25(27(30-28)22-6-7-22)21-8-10-23(11-9-21)35-17-20-4-5-20/h8-11,18,20,22H,4-7,12-17,29H2,1-3H3/t18-/m1/s1. The molecule has 0 spiro atoms. The molecule has 1 saturated heterocycles. The predicted molar refractivity (Wildman–Crippen MR) is 139 cm³/mol. The molecular weight excluding hydrogens is 440 g/mol. The summed E-state index contributed by atoms with van der Waals surface area (Å²) in [4.78, 5) is 22.0. The van der Waals surface area contributed by atoms with E-state index in [1.165, 1.54) is 31.2 Å². The normalized spacial score (nSPS) is 20.3. The summed E-state index contributed by atoms with van der Waals surface area (Å²) in [6.45, 7) is 7.63. The first kappa shape index (κ1) is 23.9. The third-order valence-corrected chi connectivity index (χ3v) is 7.56. The number of hydrogen-bond acceptors (Lipinski definition) is 6. The Morgan fingerprint density at radius 3 is 2.51 bits per heavy atom. The number of rotatable bonds is 9. The number of carbonyl (C=O) groups is 1. The van der Waals surface area contributed by atoms with Crippen LogP contribution in [0.1, 0.15) is 56.2 Å². The van der Waals surface area contributed by atoms with Crippen molar-refractivity contribution < 1.29 is 14.3 Å². The lowest BCUT2D eigenvalue weighted by Gasteiger charge is -2.41. The molecule has 7 heteroatoms. The number of pyridine rings is 1. The highest BCUT2D eigenvalue weighted by Gasteiger charge is 2.34. The summed E-state index contributed by atoms with van der Waals surface area (Å²) in [5.41, 5.74) is 12.0. The Labute approximate surface area is 208 Å². The van der Waals surface area contributed by atoms with Crippen LogP contribution in [0.5, 0.6) is 5.75 Å². The molecule has 2 N–H and O–H groups in total. The van der Waals surface area contributed by atoms with Gasteiger partial charge in [0.25, 0.3) is 0 Å². The van der Waals surface area contributed by atoms with Crippen LogP contribution >= 0.6 is 0 Å². The molecular formula is C28H38N4O3. The zero-order valence-corrected chi connectivity index (χ0v) is 21.3. The van der Waals surface area contributed by atoms with Gasteiger partial charge >= 0.3 is 0 Å². The minimum Gasteiger partial charge on any atom is -0.493 e. The number of methoxy groups -OCH3 is 1. The van der Waals surface area contributed by atoms with Gasteiger partial charge in [0.1, 0.15) is 5.75 Å². The number of aromatic nitrogens is 1. The summed E-state index contributed by atoms with van der Waals surface area (Å²) in [6.07, 6.45) is 5.34. The quantitative estimate of drug-likeness (QED) is 0.576. The van der Waals surface area contributed by atoms with Crippen LogP contribution in [-0.4, -0.2) is 61.8 Å². The van der Waals surface area contributed by atoms with Crippen molar-refractivity contribution in [2.24, 2.45) is 5.92 Å². The van der Waals surface area contributed by atoms with Gasteiger partial charge in [0.2, 0.25) is 5.91 Å². The van der Waals surface area contributed by atoms with Crippen LogP contribution in [0.2, 0.25) is 0 Å². The van der Waals surface area contributed by atoms with E-state index in [4.69, 9.17) is 20.2 Å². The Morgan fingerprint density at radius 2 is 1.89 bits per heavy atom. The van der Waals surface area contributed by atoms with E-state index in [9.17, 15) is 4.79 Å². The fraction of sp³-hybridized carbons (Fsp3) is 0.571. The number of benzene rings is 1. The van der Waals surface area contributed by atoms with Gasteiger partial charge in [0.15, 0.2) is 5.82 Å². The summed E-state index contributed by atoms with van der Waals surface area (Å²) in [5, 5.41) is 0. The third kappa shape index (κ3) is 5.25. The maximum atomic E-state index is 12.6. The average molecular weight is 479 g/mol. The number of piperazine rings is 1. The molecule has 0 unspecified atom stereocenters. The molecule has 1 aliphatic heterocycles. The monoisotopic (exact) mass is 478 g/mol. The van der Waals surface area contributed by atoms with Crippen molar-refractivity contribution in [3.8, 4) is 16.9 Å². The van der Waals surface area contributed by atoms with Crippen molar-refractivity contribution in [2.75, 3.05) is 50.6 Å². The van der Waals surface area contributed by atoms with Gasteiger partial charge in [0, 0.05) is 44.3 Å². The van der Waals surface area contributed by atoms with Gasteiger partial charge in [0.05, 0.1) is 31.0 Å². The molecule has 2 heterocycles. The van der Waals surface area contributed by atoms with Crippen LogP contribution in [0, 0.1) is 12.8 Å². The molecule has 2 aromatic rings. The molecule has 188 valence electrons. The summed E-state index contributed by atoms with van der Waals surface area (Å²) in [7, 11) is 1.63. The van der Waals surface area contributed by atoms with E-state index >= 15 is 0 Å². The lowest BCUT2D eigenvalue weighted by Crippen LogP contribution is -2.54. The molecule has 2 aliphatic carbocycles. The molecule has 7 nitrogen and oxygen atoms in total. The van der Waals surface area contributed by atoms with E-state index in [0.717, 1.165) is 59.7 Å². The summed E-state index contributed by atoms with van der Waals surface area (Å²) in [6, 6.07) is 8.52. The molecule has 1 aromatic heterocycles. The molecule has 3 fully saturated rings. The van der Waals surface area contributed by atoms with Crippen LogP contribution in [-0.2, 0) is 9.53 Å². The highest BCUT2D eigenvalue weighted by molar-refractivity contribution is 5.82. The Kier molecular flexibility index (Phi) is 6.87. The number of hydrogen-bond donors (Lipinski definition) is 1. The zero-order valence-electron chi connectivity index (χ0n) is 21.3. The summed E-state index contributed by atoms with van der Waals surface area (Å²) in [5.74, 6) is 3.17. The fourth-order valence-corrected chi connectivity index (χ4v) is 5.05. The first-order valence-electron chi connectivity index (χ1n) is 13.0. The Morgan fingerprint density at radius 1 is 1.14 bits per heavy atom. The number of ether oxygens (including phenoxy) is 2. The van der Waals surface area contributed by atoms with Crippen molar-refractivity contribution in [3.63, 3.8) is 0 Å². The lowest BCUT2D eigenvalue weighted by molar-refractivity contribution is -0.134. The van der Waals surface area contributed by atoms with E-state index in [2.05, 4.69) is 43.0 Å². The molecule has 5 rings (SSSR count). The minimum absolute atomic E-state index is 0.0989. The van der Waals surface area contributed by atoms with E-state index in [1.54, 1.807) is 7.11 Å². The number of nitrogens with zero attached hydrogens (tertiary/aromatic N) is 3. The number of nitrogen functional groups attached to an aromatic ring is 1. The van der Waals surface area contributed by atoms with E-state index < -0.39 is 0 Å². The minimum atomic E-state index is 0.0989. The average Bonchev–Trinajstić information content (AvgIpc) is 3.77. The van der Waals surface area contributed by atoms with Crippen LogP contribution < -0.4 is 15.4 Å². The first-order chi connectivity index (χ1) is 17.0. The van der Waals surface area contributed by atoms with Crippen molar-refractivity contribution in [3.05, 3.63) is 35.5 Å². The molecule has 1 aromatic carbocycles. The van der Waals surface area contributed by atoms with Gasteiger partial charge in [-0.2, -0.15) is 0 Å². The zero-order chi connectivity index (χ0) is 24.5. The van der Waals surface area contributed by atoms with Gasteiger partial charge in [-0.1, -0.05) is 12.1 Å². The van der Waals surface area contributed by atoms with Gasteiger partial charge in [-0.05, 0) is 68.7 Å². The molecule has 0 bridgehead atoms. The summed E-state index contributed by atoms with van der Waals surface area (Å²) < 4.78 is 11.0. The van der Waals surface area contributed by atoms with Crippen LogP contribution in [0.15, 0.2) is 24.3 Å². The van der Waals surface area contributed by atoms with Crippen molar-refractivity contribution in [2.45, 2.75) is 57.9 Å². The van der Waals surface area contributed by atoms with Crippen molar-refractivity contribution in [1.29, 1.82) is 0 Å². The van der Waals surface area contributed by atoms with E-state index in [-0.39, 0.29) is 11.9 Å². The molecule has 3 aliphatic rings.